The van der Waals surface area contributed by atoms with Crippen LogP contribution in [0.3, 0.4) is 0 Å². The maximum absolute atomic E-state index is 2.69. The van der Waals surface area contributed by atoms with Crippen molar-refractivity contribution in [3.05, 3.63) is 223 Å². The molecule has 2 heteroatoms. The Hall–Kier alpha value is -6.22. The SMILES string of the molecule is CC1(C)c2ccccc2-c2cc(-c3ccccc3)c(N(c3ccc(C4CCCCC4)cc3)c3ccc([Si](c4ccccc4)(c4ccccc4)c4ccccc4)cc3)cc21. The average molecular weight is 778 g/mol. The summed E-state index contributed by atoms with van der Waals surface area (Å²) in [5.74, 6) is 0.650. The van der Waals surface area contributed by atoms with Crippen LogP contribution in [0.2, 0.25) is 0 Å². The van der Waals surface area contributed by atoms with Gasteiger partial charge in [-0.15, -0.1) is 0 Å². The maximum Gasteiger partial charge on any atom is 0.179 e. The molecule has 1 fully saturated rings. The summed E-state index contributed by atoms with van der Waals surface area (Å²) in [6.45, 7) is 4.78. The highest BCUT2D eigenvalue weighted by Crippen LogP contribution is 2.53. The second-order valence-electron chi connectivity index (χ2n) is 17.1. The topological polar surface area (TPSA) is 3.24 Å². The van der Waals surface area contributed by atoms with E-state index in [0.717, 1.165) is 5.69 Å². The van der Waals surface area contributed by atoms with Gasteiger partial charge >= 0.3 is 0 Å². The molecule has 10 rings (SSSR count). The van der Waals surface area contributed by atoms with Crippen molar-refractivity contribution in [2.24, 2.45) is 0 Å². The van der Waals surface area contributed by atoms with E-state index in [9.17, 15) is 0 Å². The van der Waals surface area contributed by atoms with E-state index in [4.69, 9.17) is 0 Å². The van der Waals surface area contributed by atoms with E-state index < -0.39 is 8.07 Å². The Balaban J connectivity index is 1.20. The Morgan fingerprint density at radius 3 is 1.46 bits per heavy atom. The van der Waals surface area contributed by atoms with Crippen molar-refractivity contribution < 1.29 is 0 Å². The molecule has 1 nitrogen and oxygen atoms in total. The van der Waals surface area contributed by atoms with E-state index >= 15 is 0 Å². The summed E-state index contributed by atoms with van der Waals surface area (Å²) in [5, 5.41) is 5.51. The molecule has 8 aromatic rings. The van der Waals surface area contributed by atoms with Crippen LogP contribution in [0.4, 0.5) is 17.1 Å². The first-order valence-corrected chi connectivity index (χ1v) is 23.5. The van der Waals surface area contributed by atoms with Crippen LogP contribution in [0, 0.1) is 0 Å². The molecule has 0 saturated heterocycles. The Bertz CT molecular complexity index is 2580. The van der Waals surface area contributed by atoms with Crippen molar-refractivity contribution in [2.75, 3.05) is 4.90 Å². The highest BCUT2D eigenvalue weighted by atomic mass is 28.3. The minimum atomic E-state index is -2.69. The molecule has 0 heterocycles. The smallest absolute Gasteiger partial charge is 0.179 e. The molecule has 0 aromatic heterocycles. The van der Waals surface area contributed by atoms with Crippen molar-refractivity contribution in [1.29, 1.82) is 0 Å². The highest BCUT2D eigenvalue weighted by Gasteiger charge is 2.42. The summed E-state index contributed by atoms with van der Waals surface area (Å²) in [6.07, 6.45) is 6.61. The molecule has 0 amide bonds. The molecule has 0 radical (unpaired) electrons. The zero-order chi connectivity index (χ0) is 39.8. The Kier molecular flexibility index (Phi) is 9.75. The zero-order valence-electron chi connectivity index (χ0n) is 34.2. The Morgan fingerprint density at radius 1 is 0.424 bits per heavy atom. The van der Waals surface area contributed by atoms with E-state index in [0.29, 0.717) is 5.92 Å². The molecule has 0 aliphatic heterocycles. The maximum atomic E-state index is 2.53. The van der Waals surface area contributed by atoms with Crippen LogP contribution in [0.15, 0.2) is 206 Å². The molecule has 288 valence electrons. The Morgan fingerprint density at radius 2 is 0.898 bits per heavy atom. The monoisotopic (exact) mass is 777 g/mol. The van der Waals surface area contributed by atoms with E-state index in [2.05, 4.69) is 225 Å². The summed E-state index contributed by atoms with van der Waals surface area (Å²) in [4.78, 5) is 2.53. The van der Waals surface area contributed by atoms with E-state index in [1.165, 1.54) is 103 Å². The average Bonchev–Trinajstić information content (AvgIpc) is 3.53. The first kappa shape index (κ1) is 37.1. The Labute approximate surface area is 351 Å². The van der Waals surface area contributed by atoms with Crippen LogP contribution < -0.4 is 25.6 Å². The van der Waals surface area contributed by atoms with Gasteiger partial charge in [-0.2, -0.15) is 0 Å². The first-order valence-electron chi connectivity index (χ1n) is 21.5. The fourth-order valence-corrected chi connectivity index (χ4v) is 15.2. The molecule has 59 heavy (non-hydrogen) atoms. The molecule has 0 N–H and O–H groups in total. The number of anilines is 3. The van der Waals surface area contributed by atoms with Crippen LogP contribution in [0.5, 0.6) is 0 Å². The summed E-state index contributed by atoms with van der Waals surface area (Å²) in [7, 11) is -2.69. The lowest BCUT2D eigenvalue weighted by Crippen LogP contribution is -2.74. The van der Waals surface area contributed by atoms with Crippen LogP contribution in [-0.2, 0) is 5.41 Å². The molecule has 0 bridgehead atoms. The second kappa shape index (κ2) is 15.5. The van der Waals surface area contributed by atoms with Crippen LogP contribution in [-0.4, -0.2) is 8.07 Å². The van der Waals surface area contributed by atoms with Crippen LogP contribution in [0.1, 0.15) is 68.6 Å². The van der Waals surface area contributed by atoms with Crippen LogP contribution in [0.25, 0.3) is 22.3 Å². The van der Waals surface area contributed by atoms with Gasteiger partial charge in [-0.25, -0.2) is 0 Å². The van der Waals surface area contributed by atoms with Crippen molar-refractivity contribution >= 4 is 45.9 Å². The molecule has 0 spiro atoms. The van der Waals surface area contributed by atoms with Gasteiger partial charge in [0.15, 0.2) is 8.07 Å². The molecule has 1 saturated carbocycles. The third-order valence-electron chi connectivity index (χ3n) is 13.4. The largest absolute Gasteiger partial charge is 0.310 e. The number of benzene rings is 8. The standard InChI is InChI=1S/C57H51NSi/c1-57(2)54-31-19-18-30-51(54)53-40-52(44-22-10-4-11-23-44)56(41-55(53)57)58(45-34-32-43(33-35-45)42-20-8-3-9-21-42)46-36-38-50(39-37-46)59(47-24-12-5-13-25-47,48-26-14-6-15-27-48)49-28-16-7-17-29-49/h4-7,10-19,22-42H,3,8-9,20-21H2,1-2H3. The lowest BCUT2D eigenvalue weighted by molar-refractivity contribution is 0.443. The lowest BCUT2D eigenvalue weighted by atomic mass is 9.81. The summed E-state index contributed by atoms with van der Waals surface area (Å²) in [6, 6.07) is 78.0. The molecule has 0 atom stereocenters. The molecule has 2 aliphatic carbocycles. The summed E-state index contributed by atoms with van der Waals surface area (Å²) >= 11 is 0. The number of rotatable bonds is 9. The normalized spacial score (nSPS) is 14.7. The number of hydrogen-bond donors (Lipinski definition) is 0. The van der Waals surface area contributed by atoms with Gasteiger partial charge < -0.3 is 4.90 Å². The third kappa shape index (κ3) is 6.47. The van der Waals surface area contributed by atoms with E-state index in [1.807, 2.05) is 0 Å². The predicted octanol–water partition coefficient (Wildman–Crippen LogP) is 12.6. The van der Waals surface area contributed by atoms with Gasteiger partial charge in [0.25, 0.3) is 0 Å². The van der Waals surface area contributed by atoms with Gasteiger partial charge in [-0.1, -0.05) is 203 Å². The minimum absolute atomic E-state index is 0.136. The van der Waals surface area contributed by atoms with Gasteiger partial charge in [0.1, 0.15) is 0 Å². The van der Waals surface area contributed by atoms with Gasteiger partial charge in [-0.3, -0.25) is 0 Å². The highest BCUT2D eigenvalue weighted by molar-refractivity contribution is 7.19. The second-order valence-corrected chi connectivity index (χ2v) is 20.9. The van der Waals surface area contributed by atoms with Gasteiger partial charge in [0.05, 0.1) is 5.69 Å². The van der Waals surface area contributed by atoms with Crippen molar-refractivity contribution in [1.82, 2.24) is 0 Å². The molecule has 8 aromatic carbocycles. The molecular weight excluding hydrogens is 727 g/mol. The third-order valence-corrected chi connectivity index (χ3v) is 18.2. The molecular formula is C57H51NSi. The fourth-order valence-electron chi connectivity index (χ4n) is 10.5. The molecule has 2 aliphatic rings. The fraction of sp³-hybridized carbons (Fsp3) is 0.158. The van der Waals surface area contributed by atoms with Crippen molar-refractivity contribution in [2.45, 2.75) is 57.3 Å². The van der Waals surface area contributed by atoms with Gasteiger partial charge in [-0.05, 0) is 109 Å². The quantitative estimate of drug-likeness (QED) is 0.104. The molecule has 0 unspecified atom stereocenters. The first-order chi connectivity index (χ1) is 29.0. The lowest BCUT2D eigenvalue weighted by Gasteiger charge is -2.35. The minimum Gasteiger partial charge on any atom is -0.310 e. The van der Waals surface area contributed by atoms with Crippen molar-refractivity contribution in [3.63, 3.8) is 0 Å². The summed E-state index contributed by atoms with van der Waals surface area (Å²) < 4.78 is 0. The van der Waals surface area contributed by atoms with Gasteiger partial charge in [0, 0.05) is 22.4 Å². The van der Waals surface area contributed by atoms with Crippen LogP contribution >= 0.6 is 0 Å². The zero-order valence-corrected chi connectivity index (χ0v) is 35.2. The summed E-state index contributed by atoms with van der Waals surface area (Å²) in [5.41, 5.74) is 12.8. The number of hydrogen-bond acceptors (Lipinski definition) is 1. The van der Waals surface area contributed by atoms with Gasteiger partial charge in [0.2, 0.25) is 0 Å². The number of nitrogens with zero attached hydrogens (tertiary/aromatic N) is 1. The van der Waals surface area contributed by atoms with Crippen molar-refractivity contribution in [3.8, 4) is 22.3 Å². The van der Waals surface area contributed by atoms with E-state index in [1.54, 1.807) is 0 Å². The number of fused-ring (bicyclic) bond motifs is 3. The predicted molar refractivity (Wildman–Crippen MR) is 254 cm³/mol. The van der Waals surface area contributed by atoms with E-state index in [-0.39, 0.29) is 5.41 Å².